The van der Waals surface area contributed by atoms with Crippen molar-refractivity contribution in [3.8, 4) is 0 Å². The Morgan fingerprint density at radius 3 is 2.86 bits per heavy atom. The minimum Gasteiger partial charge on any atom is -0.477 e. The van der Waals surface area contributed by atoms with Crippen molar-refractivity contribution in [1.29, 1.82) is 0 Å². The standard InChI is InChI=1S/C18H24N4O5S2/c1-8-14-13(9(2)24)17(25)22(14)15(18(26)27)16(8)29-12-3-11(6-23)21(5-12)20-10-4-19-28-7-10/h6-9,11-14,19-20,24H,3-5H2,1-2H3,(H,26,27)/t8-,9+,11-,12?,13?,14+/m0/s1. The third-order valence-corrected chi connectivity index (χ3v) is 8.11. The van der Waals surface area contributed by atoms with Crippen LogP contribution in [0.3, 0.4) is 0 Å². The summed E-state index contributed by atoms with van der Waals surface area (Å²) in [5, 5.41) is 23.6. The van der Waals surface area contributed by atoms with Crippen LogP contribution in [0.2, 0.25) is 0 Å². The SMILES string of the molecule is C[C@@H]1C(SC2C[C@@H](C=O)N(NC3=CSNC3)C2)=C(C(=O)O)N2C(=O)C([C@@H](C)O)[C@@H]12. The van der Waals surface area contributed by atoms with E-state index in [1.807, 2.05) is 17.3 Å². The Labute approximate surface area is 177 Å². The number of aldehydes is 1. The molecular formula is C18H24N4O5S2. The molecule has 2 saturated heterocycles. The molecule has 0 aromatic heterocycles. The normalized spacial score (nSPS) is 35.4. The number of hydrazine groups is 1. The minimum atomic E-state index is -1.13. The van der Waals surface area contributed by atoms with E-state index in [0.29, 0.717) is 24.4 Å². The third-order valence-electron chi connectivity index (χ3n) is 5.90. The quantitative estimate of drug-likeness (QED) is 0.246. The first-order valence-corrected chi connectivity index (χ1v) is 11.3. The molecule has 0 saturated carbocycles. The molecule has 4 rings (SSSR count). The van der Waals surface area contributed by atoms with Crippen LogP contribution in [0.25, 0.3) is 0 Å². The van der Waals surface area contributed by atoms with Gasteiger partial charge in [-0.1, -0.05) is 18.9 Å². The van der Waals surface area contributed by atoms with Crippen molar-refractivity contribution < 1.29 is 24.6 Å². The fraction of sp³-hybridized carbons (Fsp3) is 0.611. The number of β-lactam (4-membered cyclic amide) rings is 1. The molecular weight excluding hydrogens is 416 g/mol. The molecule has 4 aliphatic heterocycles. The van der Waals surface area contributed by atoms with Gasteiger partial charge >= 0.3 is 5.97 Å². The van der Waals surface area contributed by atoms with E-state index in [9.17, 15) is 24.6 Å². The van der Waals surface area contributed by atoms with Crippen molar-refractivity contribution >= 4 is 41.9 Å². The number of carboxylic acids is 1. The van der Waals surface area contributed by atoms with Gasteiger partial charge < -0.3 is 25.3 Å². The largest absolute Gasteiger partial charge is 0.477 e. The lowest BCUT2D eigenvalue weighted by atomic mass is 9.79. The fourth-order valence-electron chi connectivity index (χ4n) is 4.55. The molecule has 0 radical (unpaired) electrons. The van der Waals surface area contributed by atoms with Crippen molar-refractivity contribution in [3.63, 3.8) is 0 Å². The zero-order valence-electron chi connectivity index (χ0n) is 16.1. The molecule has 0 aromatic rings. The Morgan fingerprint density at radius 1 is 1.52 bits per heavy atom. The highest BCUT2D eigenvalue weighted by atomic mass is 32.2. The number of fused-ring (bicyclic) bond motifs is 1. The van der Waals surface area contributed by atoms with Gasteiger partial charge in [0.25, 0.3) is 0 Å². The molecule has 158 valence electrons. The summed E-state index contributed by atoms with van der Waals surface area (Å²) in [4.78, 5) is 37.9. The number of aliphatic hydroxyl groups excluding tert-OH is 1. The summed E-state index contributed by atoms with van der Waals surface area (Å²) in [6.07, 6.45) is 0.688. The van der Waals surface area contributed by atoms with Crippen molar-refractivity contribution in [1.82, 2.24) is 20.1 Å². The zero-order chi connectivity index (χ0) is 20.9. The number of carbonyl (C=O) groups excluding carboxylic acids is 2. The Morgan fingerprint density at radius 2 is 2.28 bits per heavy atom. The number of nitrogens with zero attached hydrogens (tertiary/aromatic N) is 2. The van der Waals surface area contributed by atoms with Crippen molar-refractivity contribution in [2.24, 2.45) is 11.8 Å². The number of carboxylic acid groups (broad SMARTS) is 1. The van der Waals surface area contributed by atoms with E-state index in [0.717, 1.165) is 12.0 Å². The number of hydrogen-bond donors (Lipinski definition) is 4. The maximum absolute atomic E-state index is 12.5. The molecule has 4 N–H and O–H groups in total. The number of rotatable bonds is 7. The van der Waals surface area contributed by atoms with Gasteiger partial charge in [-0.15, -0.1) is 11.8 Å². The minimum absolute atomic E-state index is 0.0194. The molecule has 4 heterocycles. The number of aliphatic carboxylic acids is 1. The van der Waals surface area contributed by atoms with Crippen LogP contribution in [0.5, 0.6) is 0 Å². The van der Waals surface area contributed by atoms with Crippen LogP contribution in [-0.4, -0.2) is 74.8 Å². The Hall–Kier alpha value is -1.53. The molecule has 4 aliphatic rings. The second-order valence-corrected chi connectivity index (χ2v) is 9.90. The van der Waals surface area contributed by atoms with Gasteiger partial charge in [-0.2, -0.15) is 0 Å². The summed E-state index contributed by atoms with van der Waals surface area (Å²) in [7, 11) is 0. The van der Waals surface area contributed by atoms with Crippen molar-refractivity contribution in [3.05, 3.63) is 21.7 Å². The second kappa shape index (κ2) is 7.95. The lowest BCUT2D eigenvalue weighted by Gasteiger charge is -2.46. The van der Waals surface area contributed by atoms with Crippen LogP contribution in [0.4, 0.5) is 0 Å². The van der Waals surface area contributed by atoms with Gasteiger partial charge in [0.2, 0.25) is 5.91 Å². The summed E-state index contributed by atoms with van der Waals surface area (Å²) in [5.74, 6) is -2.19. The van der Waals surface area contributed by atoms with E-state index in [1.54, 1.807) is 6.92 Å². The first-order valence-electron chi connectivity index (χ1n) is 9.54. The molecule has 29 heavy (non-hydrogen) atoms. The zero-order valence-corrected chi connectivity index (χ0v) is 17.7. The van der Waals surface area contributed by atoms with E-state index in [1.165, 1.54) is 28.6 Å². The molecule has 9 nitrogen and oxygen atoms in total. The molecule has 11 heteroatoms. The number of nitrogens with one attached hydrogen (secondary N) is 2. The fourth-order valence-corrected chi connectivity index (χ4v) is 6.69. The van der Waals surface area contributed by atoms with Crippen molar-refractivity contribution in [2.45, 2.75) is 43.7 Å². The highest BCUT2D eigenvalue weighted by Gasteiger charge is 2.60. The molecule has 0 aliphatic carbocycles. The molecule has 2 unspecified atom stereocenters. The molecule has 0 bridgehead atoms. The highest BCUT2D eigenvalue weighted by Crippen LogP contribution is 2.52. The summed E-state index contributed by atoms with van der Waals surface area (Å²) < 4.78 is 3.12. The number of carbonyl (C=O) groups is 3. The Bertz CT molecular complexity index is 801. The van der Waals surface area contributed by atoms with Crippen LogP contribution in [0, 0.1) is 11.8 Å². The van der Waals surface area contributed by atoms with Crippen LogP contribution in [-0.2, 0) is 14.4 Å². The second-order valence-electron chi connectivity index (χ2n) is 7.80. The van der Waals surface area contributed by atoms with Crippen LogP contribution in [0.15, 0.2) is 21.7 Å². The predicted octanol–water partition coefficient (Wildman–Crippen LogP) is 0.113. The average Bonchev–Trinajstić information content (AvgIpc) is 3.35. The first-order chi connectivity index (χ1) is 13.8. The van der Waals surface area contributed by atoms with Gasteiger partial charge in [-0.05, 0) is 13.3 Å². The van der Waals surface area contributed by atoms with Crippen LogP contribution < -0.4 is 10.1 Å². The van der Waals surface area contributed by atoms with Crippen LogP contribution >= 0.6 is 23.7 Å². The lowest BCUT2D eigenvalue weighted by molar-refractivity contribution is -0.163. The summed E-state index contributed by atoms with van der Waals surface area (Å²) in [5.41, 5.74) is 4.29. The number of aliphatic hydroxyl groups is 1. The molecule has 1 amide bonds. The lowest BCUT2D eigenvalue weighted by Crippen LogP contribution is -2.63. The summed E-state index contributed by atoms with van der Waals surface area (Å²) >= 11 is 2.94. The molecule has 0 spiro atoms. The monoisotopic (exact) mass is 440 g/mol. The predicted molar refractivity (Wildman–Crippen MR) is 109 cm³/mol. The Balaban J connectivity index is 1.51. The highest BCUT2D eigenvalue weighted by molar-refractivity contribution is 8.03. The molecule has 6 atom stereocenters. The van der Waals surface area contributed by atoms with E-state index >= 15 is 0 Å². The molecule has 2 fully saturated rings. The van der Waals surface area contributed by atoms with Gasteiger partial charge in [0.15, 0.2) is 0 Å². The van der Waals surface area contributed by atoms with Gasteiger partial charge in [0.1, 0.15) is 12.0 Å². The Kier molecular flexibility index (Phi) is 5.68. The topological polar surface area (TPSA) is 122 Å². The van der Waals surface area contributed by atoms with Crippen LogP contribution in [0.1, 0.15) is 20.3 Å². The third kappa shape index (κ3) is 3.48. The number of amides is 1. The summed E-state index contributed by atoms with van der Waals surface area (Å²) in [6, 6.07) is -0.617. The van der Waals surface area contributed by atoms with Gasteiger partial charge in [-0.3, -0.25) is 9.52 Å². The van der Waals surface area contributed by atoms with Gasteiger partial charge in [0.05, 0.1) is 24.1 Å². The maximum Gasteiger partial charge on any atom is 0.353 e. The van der Waals surface area contributed by atoms with E-state index in [-0.39, 0.29) is 34.9 Å². The smallest absolute Gasteiger partial charge is 0.353 e. The maximum atomic E-state index is 12.5. The van der Waals surface area contributed by atoms with E-state index in [4.69, 9.17) is 0 Å². The summed E-state index contributed by atoms with van der Waals surface area (Å²) in [6.45, 7) is 4.75. The average molecular weight is 441 g/mol. The number of hydrogen-bond acceptors (Lipinski definition) is 9. The van der Waals surface area contributed by atoms with Gasteiger partial charge in [0, 0.05) is 40.3 Å². The van der Waals surface area contributed by atoms with Gasteiger partial charge in [-0.25, -0.2) is 9.80 Å². The molecule has 0 aromatic carbocycles. The first kappa shape index (κ1) is 20.7. The van der Waals surface area contributed by atoms with E-state index < -0.39 is 18.0 Å². The van der Waals surface area contributed by atoms with Crippen molar-refractivity contribution in [2.75, 3.05) is 13.1 Å². The number of thioether (sulfide) groups is 1. The van der Waals surface area contributed by atoms with E-state index in [2.05, 4.69) is 10.1 Å².